The molecule has 7 nitrogen and oxygen atoms in total. The van der Waals surface area contributed by atoms with Crippen molar-refractivity contribution < 1.29 is 18.0 Å². The summed E-state index contributed by atoms with van der Waals surface area (Å²) >= 11 is 3.39. The summed E-state index contributed by atoms with van der Waals surface area (Å²) in [5.41, 5.74) is 2.08. The zero-order valence-electron chi connectivity index (χ0n) is 20.3. The first-order chi connectivity index (χ1) is 17.2. The maximum Gasteiger partial charge on any atom is 0.244 e. The van der Waals surface area contributed by atoms with Crippen molar-refractivity contribution in [3.63, 3.8) is 0 Å². The van der Waals surface area contributed by atoms with Gasteiger partial charge in [0.1, 0.15) is 12.6 Å². The molecule has 1 atom stereocenters. The topological polar surface area (TPSA) is 86.8 Å². The van der Waals surface area contributed by atoms with Gasteiger partial charge in [-0.1, -0.05) is 72.8 Å². The van der Waals surface area contributed by atoms with E-state index in [9.17, 15) is 18.0 Å². The molecule has 0 unspecified atom stereocenters. The zero-order valence-corrected chi connectivity index (χ0v) is 22.7. The van der Waals surface area contributed by atoms with Gasteiger partial charge >= 0.3 is 0 Å². The minimum Gasteiger partial charge on any atom is -0.355 e. The van der Waals surface area contributed by atoms with Gasteiger partial charge in [0.25, 0.3) is 0 Å². The quantitative estimate of drug-likeness (QED) is 0.377. The van der Waals surface area contributed by atoms with Crippen molar-refractivity contribution in [3.8, 4) is 0 Å². The van der Waals surface area contributed by atoms with Crippen molar-refractivity contribution in [2.45, 2.75) is 25.9 Å². The Morgan fingerprint density at radius 3 is 2.00 bits per heavy atom. The van der Waals surface area contributed by atoms with Crippen LogP contribution in [0.4, 0.5) is 5.69 Å². The van der Waals surface area contributed by atoms with Gasteiger partial charge in [-0.3, -0.25) is 13.9 Å². The SMILES string of the molecule is CCNC(=O)[C@H](Cc1ccccc1)N(Cc1ccccc1)C(=O)CN(c1ccccc1Br)S(C)(=O)=O. The number of anilines is 1. The fourth-order valence-corrected chi connectivity index (χ4v) is 5.35. The number of carbonyl (C=O) groups excluding carboxylic acids is 2. The van der Waals surface area contributed by atoms with Crippen LogP contribution < -0.4 is 9.62 Å². The van der Waals surface area contributed by atoms with Gasteiger partial charge in [0, 0.05) is 24.0 Å². The Kier molecular flexibility index (Phi) is 9.66. The lowest BCUT2D eigenvalue weighted by molar-refractivity contribution is -0.140. The maximum absolute atomic E-state index is 13.9. The number of para-hydroxylation sites is 1. The van der Waals surface area contributed by atoms with Crippen LogP contribution in [-0.4, -0.2) is 50.5 Å². The van der Waals surface area contributed by atoms with E-state index in [4.69, 9.17) is 0 Å². The van der Waals surface area contributed by atoms with Gasteiger partial charge in [0.05, 0.1) is 11.9 Å². The number of nitrogens with one attached hydrogen (secondary N) is 1. The van der Waals surface area contributed by atoms with Crippen molar-refractivity contribution in [1.29, 1.82) is 0 Å². The summed E-state index contributed by atoms with van der Waals surface area (Å²) in [6.45, 7) is 1.93. The molecule has 0 saturated heterocycles. The average molecular weight is 573 g/mol. The van der Waals surface area contributed by atoms with Crippen molar-refractivity contribution in [2.75, 3.05) is 23.7 Å². The first-order valence-corrected chi connectivity index (χ1v) is 14.2. The average Bonchev–Trinajstić information content (AvgIpc) is 2.86. The molecule has 0 aliphatic rings. The van der Waals surface area contributed by atoms with E-state index in [1.165, 1.54) is 4.90 Å². The minimum atomic E-state index is -3.80. The second-order valence-corrected chi connectivity index (χ2v) is 11.1. The molecule has 0 spiro atoms. The largest absolute Gasteiger partial charge is 0.355 e. The molecule has 0 aromatic heterocycles. The highest BCUT2D eigenvalue weighted by Crippen LogP contribution is 2.28. The van der Waals surface area contributed by atoms with Crippen LogP contribution in [0.15, 0.2) is 89.4 Å². The number of benzene rings is 3. The molecule has 0 saturated carbocycles. The lowest BCUT2D eigenvalue weighted by atomic mass is 10.0. The molecule has 3 aromatic rings. The Morgan fingerprint density at radius 2 is 1.44 bits per heavy atom. The van der Waals surface area contributed by atoms with Gasteiger partial charge in [-0.2, -0.15) is 0 Å². The number of hydrogen-bond donors (Lipinski definition) is 1. The van der Waals surface area contributed by atoms with Crippen LogP contribution in [0.1, 0.15) is 18.1 Å². The summed E-state index contributed by atoms with van der Waals surface area (Å²) in [5, 5.41) is 2.84. The molecule has 9 heteroatoms. The molecule has 0 heterocycles. The maximum atomic E-state index is 13.9. The van der Waals surface area contributed by atoms with Crippen LogP contribution in [0.5, 0.6) is 0 Å². The number of carbonyl (C=O) groups is 2. The summed E-state index contributed by atoms with van der Waals surface area (Å²) in [5.74, 6) is -0.773. The number of sulfonamides is 1. The molecule has 0 bridgehead atoms. The number of hydrogen-bond acceptors (Lipinski definition) is 4. The summed E-state index contributed by atoms with van der Waals surface area (Å²) in [7, 11) is -3.80. The van der Waals surface area contributed by atoms with Crippen LogP contribution in [-0.2, 0) is 32.6 Å². The number of amides is 2. The normalized spacial score (nSPS) is 12.0. The molecule has 0 aliphatic carbocycles. The molecule has 36 heavy (non-hydrogen) atoms. The monoisotopic (exact) mass is 571 g/mol. The fraction of sp³-hybridized carbons (Fsp3) is 0.259. The van der Waals surface area contributed by atoms with E-state index >= 15 is 0 Å². The first kappa shape index (κ1) is 27.4. The Bertz CT molecular complexity index is 1270. The lowest BCUT2D eigenvalue weighted by Gasteiger charge is -2.33. The Balaban J connectivity index is 2.03. The molecule has 3 rings (SSSR count). The smallest absolute Gasteiger partial charge is 0.244 e. The third-order valence-electron chi connectivity index (χ3n) is 5.62. The van der Waals surface area contributed by atoms with Gasteiger partial charge in [-0.15, -0.1) is 0 Å². The van der Waals surface area contributed by atoms with Crippen molar-refractivity contribution in [2.24, 2.45) is 0 Å². The predicted octanol–water partition coefficient (Wildman–Crippen LogP) is 3.99. The zero-order chi connectivity index (χ0) is 26.1. The molecule has 0 radical (unpaired) electrons. The van der Waals surface area contributed by atoms with E-state index in [0.29, 0.717) is 23.1 Å². The third kappa shape index (κ3) is 7.41. The fourth-order valence-electron chi connectivity index (χ4n) is 3.87. The Morgan fingerprint density at radius 1 is 0.889 bits per heavy atom. The van der Waals surface area contributed by atoms with E-state index in [1.54, 1.807) is 24.3 Å². The van der Waals surface area contributed by atoms with E-state index < -0.39 is 28.5 Å². The van der Waals surface area contributed by atoms with E-state index in [-0.39, 0.29) is 12.5 Å². The molecule has 3 aromatic carbocycles. The van der Waals surface area contributed by atoms with Gasteiger partial charge in [0.15, 0.2) is 0 Å². The molecule has 2 amide bonds. The number of rotatable bonds is 11. The van der Waals surface area contributed by atoms with Gasteiger partial charge in [0.2, 0.25) is 21.8 Å². The highest BCUT2D eigenvalue weighted by atomic mass is 79.9. The number of halogens is 1. The van der Waals surface area contributed by atoms with Crippen LogP contribution in [0.25, 0.3) is 0 Å². The Hall–Kier alpha value is -3.17. The first-order valence-electron chi connectivity index (χ1n) is 11.6. The summed E-state index contributed by atoms with van der Waals surface area (Å²) in [6.07, 6.45) is 1.35. The van der Waals surface area contributed by atoms with E-state index in [1.807, 2.05) is 67.6 Å². The summed E-state index contributed by atoms with van der Waals surface area (Å²) < 4.78 is 27.1. The molecule has 1 N–H and O–H groups in total. The molecule has 0 aliphatic heterocycles. The minimum absolute atomic E-state index is 0.155. The molecular weight excluding hydrogens is 542 g/mol. The van der Waals surface area contributed by atoms with Gasteiger partial charge < -0.3 is 10.2 Å². The van der Waals surface area contributed by atoms with E-state index in [0.717, 1.165) is 21.7 Å². The molecule has 0 fully saturated rings. The Labute approximate surface area is 221 Å². The molecule has 190 valence electrons. The van der Waals surface area contributed by atoms with Crippen molar-refractivity contribution in [3.05, 3.63) is 101 Å². The molecular formula is C27H30BrN3O4S. The van der Waals surface area contributed by atoms with E-state index in [2.05, 4.69) is 21.2 Å². The number of nitrogens with zero attached hydrogens (tertiary/aromatic N) is 2. The lowest BCUT2D eigenvalue weighted by Crippen LogP contribution is -2.53. The highest BCUT2D eigenvalue weighted by Gasteiger charge is 2.33. The van der Waals surface area contributed by atoms with Crippen LogP contribution >= 0.6 is 15.9 Å². The summed E-state index contributed by atoms with van der Waals surface area (Å²) in [6, 6.07) is 24.8. The van der Waals surface area contributed by atoms with Crippen LogP contribution in [0, 0.1) is 0 Å². The van der Waals surface area contributed by atoms with Crippen molar-refractivity contribution >= 4 is 43.5 Å². The number of likely N-dealkylation sites (N-methyl/N-ethyl adjacent to an activating group) is 1. The highest BCUT2D eigenvalue weighted by molar-refractivity contribution is 9.10. The third-order valence-corrected chi connectivity index (χ3v) is 7.42. The van der Waals surface area contributed by atoms with Crippen LogP contribution in [0.2, 0.25) is 0 Å². The standard InChI is InChI=1S/C27H30BrN3O4S/c1-3-29-27(33)25(18-21-12-6-4-7-13-21)30(19-22-14-8-5-9-15-22)26(32)20-31(36(2,34)35)24-17-11-10-16-23(24)28/h4-17,25H,3,18-20H2,1-2H3,(H,29,33)/t25-/m0/s1. The second kappa shape index (κ2) is 12.7. The van der Waals surface area contributed by atoms with Crippen molar-refractivity contribution in [1.82, 2.24) is 10.2 Å². The second-order valence-electron chi connectivity index (χ2n) is 8.33. The van der Waals surface area contributed by atoms with Gasteiger partial charge in [-0.05, 0) is 46.1 Å². The summed E-state index contributed by atoms with van der Waals surface area (Å²) in [4.78, 5) is 28.6. The van der Waals surface area contributed by atoms with Crippen LogP contribution in [0.3, 0.4) is 0 Å². The van der Waals surface area contributed by atoms with Gasteiger partial charge in [-0.25, -0.2) is 8.42 Å². The predicted molar refractivity (Wildman–Crippen MR) is 146 cm³/mol.